The van der Waals surface area contributed by atoms with Crippen molar-refractivity contribution in [1.29, 1.82) is 0 Å². The van der Waals surface area contributed by atoms with Crippen LogP contribution in [0.4, 0.5) is 0 Å². The number of carbonyl (C=O) groups excluding carboxylic acids is 2. The molecule has 2 saturated heterocycles. The number of pyridine rings is 1. The van der Waals surface area contributed by atoms with Crippen molar-refractivity contribution in [2.75, 3.05) is 39.4 Å². The summed E-state index contributed by atoms with van der Waals surface area (Å²) < 4.78 is 5.29. The normalized spacial score (nSPS) is 22.0. The van der Waals surface area contributed by atoms with Gasteiger partial charge in [-0.3, -0.25) is 9.59 Å². The zero-order chi connectivity index (χ0) is 16.2. The third kappa shape index (κ3) is 3.82. The van der Waals surface area contributed by atoms with Crippen molar-refractivity contribution in [2.45, 2.75) is 12.8 Å². The number of nitrogens with zero attached hydrogens (tertiary/aromatic N) is 3. The highest BCUT2D eigenvalue weighted by Crippen LogP contribution is 2.21. The number of piperidine rings is 1. The van der Waals surface area contributed by atoms with E-state index in [0.29, 0.717) is 50.1 Å². The van der Waals surface area contributed by atoms with E-state index in [-0.39, 0.29) is 17.7 Å². The SMILES string of the molecule is O=C(c1ccnc(Cl)c1)N1CCCC(C(=O)N2CCOCC2)C1. The van der Waals surface area contributed by atoms with E-state index in [1.54, 1.807) is 17.0 Å². The Morgan fingerprint density at radius 2 is 2.00 bits per heavy atom. The smallest absolute Gasteiger partial charge is 0.254 e. The second-order valence-electron chi connectivity index (χ2n) is 5.90. The molecule has 7 heteroatoms. The van der Waals surface area contributed by atoms with Crippen LogP contribution >= 0.6 is 11.6 Å². The van der Waals surface area contributed by atoms with Gasteiger partial charge < -0.3 is 14.5 Å². The molecule has 0 aromatic carbocycles. The molecule has 3 rings (SSSR count). The Hall–Kier alpha value is -1.66. The van der Waals surface area contributed by atoms with Crippen molar-refractivity contribution in [2.24, 2.45) is 5.92 Å². The first-order valence-electron chi connectivity index (χ1n) is 7.92. The Morgan fingerprint density at radius 1 is 1.22 bits per heavy atom. The summed E-state index contributed by atoms with van der Waals surface area (Å²) in [4.78, 5) is 32.7. The predicted molar refractivity (Wildman–Crippen MR) is 85.3 cm³/mol. The summed E-state index contributed by atoms with van der Waals surface area (Å²) in [6, 6.07) is 3.22. The first-order chi connectivity index (χ1) is 11.1. The lowest BCUT2D eigenvalue weighted by Gasteiger charge is -2.36. The second-order valence-corrected chi connectivity index (χ2v) is 6.28. The number of ether oxygens (including phenoxy) is 1. The highest BCUT2D eigenvalue weighted by molar-refractivity contribution is 6.29. The van der Waals surface area contributed by atoms with Crippen molar-refractivity contribution in [3.8, 4) is 0 Å². The maximum Gasteiger partial charge on any atom is 0.254 e. The van der Waals surface area contributed by atoms with Gasteiger partial charge in [0.25, 0.3) is 5.91 Å². The minimum Gasteiger partial charge on any atom is -0.378 e. The number of hydrogen-bond acceptors (Lipinski definition) is 4. The minimum atomic E-state index is -0.122. The van der Waals surface area contributed by atoms with Crippen molar-refractivity contribution in [1.82, 2.24) is 14.8 Å². The summed E-state index contributed by atoms with van der Waals surface area (Å²) in [6.07, 6.45) is 3.19. The van der Waals surface area contributed by atoms with E-state index in [9.17, 15) is 9.59 Å². The van der Waals surface area contributed by atoms with E-state index >= 15 is 0 Å². The minimum absolute atomic E-state index is 0.0891. The van der Waals surface area contributed by atoms with Crippen LogP contribution in [0.2, 0.25) is 5.15 Å². The largest absolute Gasteiger partial charge is 0.378 e. The molecule has 2 aliphatic heterocycles. The Bertz CT molecular complexity index is 590. The van der Waals surface area contributed by atoms with E-state index < -0.39 is 0 Å². The molecule has 124 valence electrons. The first-order valence-corrected chi connectivity index (χ1v) is 8.30. The van der Waals surface area contributed by atoms with Crippen LogP contribution in [0, 0.1) is 5.92 Å². The molecule has 1 aromatic rings. The Labute approximate surface area is 140 Å². The monoisotopic (exact) mass is 337 g/mol. The number of aromatic nitrogens is 1. The summed E-state index contributed by atoms with van der Waals surface area (Å²) >= 11 is 5.85. The molecule has 0 saturated carbocycles. The molecular formula is C16H20ClN3O3. The molecule has 1 unspecified atom stereocenters. The molecule has 2 fully saturated rings. The number of morpholine rings is 1. The number of amides is 2. The van der Waals surface area contributed by atoms with Gasteiger partial charge in [0.15, 0.2) is 0 Å². The van der Waals surface area contributed by atoms with Gasteiger partial charge in [0.05, 0.1) is 19.1 Å². The van der Waals surface area contributed by atoms with Gasteiger partial charge in [0.1, 0.15) is 5.15 Å². The van der Waals surface area contributed by atoms with Gasteiger partial charge in [-0.2, -0.15) is 0 Å². The lowest BCUT2D eigenvalue weighted by molar-refractivity contribution is -0.141. The summed E-state index contributed by atoms with van der Waals surface area (Å²) in [5, 5.41) is 0.300. The quantitative estimate of drug-likeness (QED) is 0.766. The number of rotatable bonds is 2. The van der Waals surface area contributed by atoms with E-state index in [1.165, 1.54) is 6.20 Å². The Balaban J connectivity index is 1.65. The van der Waals surface area contributed by atoms with E-state index in [1.807, 2.05) is 4.90 Å². The highest BCUT2D eigenvalue weighted by atomic mass is 35.5. The van der Waals surface area contributed by atoms with Crippen LogP contribution in [0.5, 0.6) is 0 Å². The molecular weight excluding hydrogens is 318 g/mol. The van der Waals surface area contributed by atoms with Gasteiger partial charge in [-0.25, -0.2) is 4.98 Å². The van der Waals surface area contributed by atoms with E-state index in [4.69, 9.17) is 16.3 Å². The van der Waals surface area contributed by atoms with E-state index in [2.05, 4.69) is 4.98 Å². The molecule has 6 nitrogen and oxygen atoms in total. The molecule has 1 atom stereocenters. The average Bonchev–Trinajstić information content (AvgIpc) is 2.61. The van der Waals surface area contributed by atoms with Crippen molar-refractivity contribution in [3.63, 3.8) is 0 Å². The van der Waals surface area contributed by atoms with Crippen LogP contribution in [0.25, 0.3) is 0 Å². The standard InChI is InChI=1S/C16H20ClN3O3/c17-14-10-12(3-4-18-14)15(21)20-5-1-2-13(11-20)16(22)19-6-8-23-9-7-19/h3-4,10,13H,1-2,5-9,11H2. The molecule has 0 bridgehead atoms. The van der Waals surface area contributed by atoms with Gasteiger partial charge in [0, 0.05) is 37.9 Å². The third-order valence-corrected chi connectivity index (χ3v) is 4.56. The van der Waals surface area contributed by atoms with Crippen LogP contribution < -0.4 is 0 Å². The molecule has 0 N–H and O–H groups in total. The summed E-state index contributed by atoms with van der Waals surface area (Å²) in [6.45, 7) is 3.61. The second kappa shape index (κ2) is 7.27. The van der Waals surface area contributed by atoms with Crippen molar-refractivity contribution < 1.29 is 14.3 Å². The van der Waals surface area contributed by atoms with Gasteiger partial charge >= 0.3 is 0 Å². The van der Waals surface area contributed by atoms with E-state index in [0.717, 1.165) is 12.8 Å². The number of likely N-dealkylation sites (tertiary alicyclic amines) is 1. The van der Waals surface area contributed by atoms with Gasteiger partial charge in [-0.05, 0) is 25.0 Å². The molecule has 3 heterocycles. The van der Waals surface area contributed by atoms with Gasteiger partial charge in [0.2, 0.25) is 5.91 Å². The molecule has 0 radical (unpaired) electrons. The molecule has 0 aliphatic carbocycles. The number of halogens is 1. The van der Waals surface area contributed by atoms with Crippen molar-refractivity contribution in [3.05, 3.63) is 29.0 Å². The fourth-order valence-electron chi connectivity index (χ4n) is 3.12. The van der Waals surface area contributed by atoms with Gasteiger partial charge in [-0.1, -0.05) is 11.6 Å². The Kier molecular flexibility index (Phi) is 5.13. The molecule has 2 amide bonds. The summed E-state index contributed by atoms with van der Waals surface area (Å²) in [5.41, 5.74) is 0.518. The predicted octanol–water partition coefficient (Wildman–Crippen LogP) is 1.45. The van der Waals surface area contributed by atoms with Crippen LogP contribution in [0.1, 0.15) is 23.2 Å². The fraction of sp³-hybridized carbons (Fsp3) is 0.562. The maximum absolute atomic E-state index is 12.6. The van der Waals surface area contributed by atoms with Crippen molar-refractivity contribution >= 4 is 23.4 Å². The molecule has 1 aromatic heterocycles. The zero-order valence-corrected chi connectivity index (χ0v) is 13.7. The summed E-state index contributed by atoms with van der Waals surface area (Å²) in [7, 11) is 0. The molecule has 2 aliphatic rings. The zero-order valence-electron chi connectivity index (χ0n) is 12.9. The highest BCUT2D eigenvalue weighted by Gasteiger charge is 2.32. The third-order valence-electron chi connectivity index (χ3n) is 4.35. The van der Waals surface area contributed by atoms with Gasteiger partial charge in [-0.15, -0.1) is 0 Å². The fourth-order valence-corrected chi connectivity index (χ4v) is 3.30. The summed E-state index contributed by atoms with van der Waals surface area (Å²) in [5.74, 6) is -0.0737. The average molecular weight is 338 g/mol. The molecule has 23 heavy (non-hydrogen) atoms. The number of hydrogen-bond donors (Lipinski definition) is 0. The molecule has 0 spiro atoms. The lowest BCUT2D eigenvalue weighted by atomic mass is 9.95. The van der Waals surface area contributed by atoms with Crippen LogP contribution in [-0.4, -0.2) is 66.0 Å². The van der Waals surface area contributed by atoms with Crippen LogP contribution in [-0.2, 0) is 9.53 Å². The van der Waals surface area contributed by atoms with Crippen LogP contribution in [0.3, 0.4) is 0 Å². The Morgan fingerprint density at radius 3 is 2.74 bits per heavy atom. The number of carbonyl (C=O) groups is 2. The topological polar surface area (TPSA) is 62.7 Å². The lowest BCUT2D eigenvalue weighted by Crippen LogP contribution is -2.49. The maximum atomic E-state index is 12.6. The van der Waals surface area contributed by atoms with Crippen LogP contribution in [0.15, 0.2) is 18.3 Å². The first kappa shape index (κ1) is 16.2.